The molecule has 1 aliphatic carbocycles. The van der Waals surface area contributed by atoms with Gasteiger partial charge in [0.25, 0.3) is 0 Å². The summed E-state index contributed by atoms with van der Waals surface area (Å²) in [6, 6.07) is 15.6. The van der Waals surface area contributed by atoms with E-state index >= 15 is 0 Å². The van der Waals surface area contributed by atoms with Gasteiger partial charge in [0, 0.05) is 18.8 Å². The second kappa shape index (κ2) is 6.50. The van der Waals surface area contributed by atoms with Gasteiger partial charge in [0.05, 0.1) is 5.69 Å². The predicted molar refractivity (Wildman–Crippen MR) is 81.4 cm³/mol. The highest BCUT2D eigenvalue weighted by Crippen LogP contribution is 2.21. The molecule has 0 aliphatic heterocycles. The molecule has 4 heteroatoms. The van der Waals surface area contributed by atoms with Crippen molar-refractivity contribution < 1.29 is 4.79 Å². The number of nitrogens with zero attached hydrogens (tertiary/aromatic N) is 1. The lowest BCUT2D eigenvalue weighted by Gasteiger charge is -2.18. The fourth-order valence-electron chi connectivity index (χ4n) is 2.23. The van der Waals surface area contributed by atoms with Crippen LogP contribution in [0.25, 0.3) is 0 Å². The van der Waals surface area contributed by atoms with Crippen molar-refractivity contribution in [3.05, 3.63) is 66.0 Å². The summed E-state index contributed by atoms with van der Waals surface area (Å²) in [4.78, 5) is 16.7. The number of carbonyl (C=O) groups is 1. The van der Waals surface area contributed by atoms with Gasteiger partial charge >= 0.3 is 0 Å². The van der Waals surface area contributed by atoms with Gasteiger partial charge in [0.2, 0.25) is 5.91 Å². The number of rotatable bonds is 6. The average molecular weight is 281 g/mol. The van der Waals surface area contributed by atoms with Crippen molar-refractivity contribution >= 4 is 5.91 Å². The maximum atomic E-state index is 12.4. The molecule has 1 atom stereocenters. The SMILES string of the molecule is O=C(NC1CC1)[C@@H](NCc1ccccn1)c1ccccc1. The molecular weight excluding hydrogens is 262 g/mol. The average Bonchev–Trinajstić information content (AvgIpc) is 3.33. The van der Waals surface area contributed by atoms with E-state index in [1.807, 2.05) is 48.5 Å². The molecule has 21 heavy (non-hydrogen) atoms. The lowest BCUT2D eigenvalue weighted by Crippen LogP contribution is -2.38. The Labute approximate surface area is 124 Å². The number of benzene rings is 1. The van der Waals surface area contributed by atoms with E-state index < -0.39 is 0 Å². The van der Waals surface area contributed by atoms with Crippen LogP contribution < -0.4 is 10.6 Å². The minimum atomic E-state index is -0.339. The monoisotopic (exact) mass is 281 g/mol. The Hall–Kier alpha value is -2.20. The normalized spacial score (nSPS) is 15.4. The third-order valence-electron chi connectivity index (χ3n) is 3.53. The highest BCUT2D eigenvalue weighted by atomic mass is 16.2. The van der Waals surface area contributed by atoms with Crippen molar-refractivity contribution in [3.63, 3.8) is 0 Å². The van der Waals surface area contributed by atoms with Gasteiger partial charge in [-0.05, 0) is 30.5 Å². The number of carbonyl (C=O) groups excluding carboxylic acids is 1. The fourth-order valence-corrected chi connectivity index (χ4v) is 2.23. The van der Waals surface area contributed by atoms with Gasteiger partial charge in [-0.3, -0.25) is 15.1 Å². The molecule has 2 N–H and O–H groups in total. The summed E-state index contributed by atoms with van der Waals surface area (Å²) >= 11 is 0. The van der Waals surface area contributed by atoms with E-state index in [4.69, 9.17) is 0 Å². The van der Waals surface area contributed by atoms with Crippen LogP contribution in [-0.4, -0.2) is 16.9 Å². The van der Waals surface area contributed by atoms with Crippen molar-refractivity contribution in [2.75, 3.05) is 0 Å². The second-order valence-corrected chi connectivity index (χ2v) is 5.33. The molecule has 1 heterocycles. The van der Waals surface area contributed by atoms with E-state index in [0.29, 0.717) is 12.6 Å². The molecule has 1 amide bonds. The first kappa shape index (κ1) is 13.8. The zero-order valence-corrected chi connectivity index (χ0v) is 11.8. The van der Waals surface area contributed by atoms with Crippen LogP contribution in [0.3, 0.4) is 0 Å². The van der Waals surface area contributed by atoms with Crippen LogP contribution >= 0.6 is 0 Å². The van der Waals surface area contributed by atoms with Gasteiger partial charge < -0.3 is 5.32 Å². The predicted octanol–water partition coefficient (Wildman–Crippen LogP) is 2.19. The van der Waals surface area contributed by atoms with Gasteiger partial charge in [0.1, 0.15) is 6.04 Å². The number of nitrogens with one attached hydrogen (secondary N) is 2. The number of hydrogen-bond donors (Lipinski definition) is 2. The molecule has 0 saturated heterocycles. The number of amides is 1. The van der Waals surface area contributed by atoms with Gasteiger partial charge in [-0.15, -0.1) is 0 Å². The smallest absolute Gasteiger partial charge is 0.241 e. The summed E-state index contributed by atoms with van der Waals surface area (Å²) in [7, 11) is 0. The highest BCUT2D eigenvalue weighted by Gasteiger charge is 2.28. The first-order chi connectivity index (χ1) is 10.3. The minimum Gasteiger partial charge on any atom is -0.352 e. The van der Waals surface area contributed by atoms with Crippen molar-refractivity contribution in [1.82, 2.24) is 15.6 Å². The first-order valence-electron chi connectivity index (χ1n) is 7.31. The van der Waals surface area contributed by atoms with Crippen molar-refractivity contribution in [1.29, 1.82) is 0 Å². The van der Waals surface area contributed by atoms with Gasteiger partial charge in [-0.2, -0.15) is 0 Å². The molecule has 2 aromatic rings. The summed E-state index contributed by atoms with van der Waals surface area (Å²) in [5.74, 6) is 0.0413. The zero-order chi connectivity index (χ0) is 14.5. The number of pyridine rings is 1. The molecule has 1 fully saturated rings. The Morgan fingerprint density at radius 2 is 1.90 bits per heavy atom. The van der Waals surface area contributed by atoms with Gasteiger partial charge in [-0.25, -0.2) is 0 Å². The van der Waals surface area contributed by atoms with E-state index in [1.54, 1.807) is 6.20 Å². The van der Waals surface area contributed by atoms with Gasteiger partial charge in [0.15, 0.2) is 0 Å². The summed E-state index contributed by atoms with van der Waals surface area (Å²) in [5.41, 5.74) is 1.91. The van der Waals surface area contributed by atoms with Crippen molar-refractivity contribution in [2.24, 2.45) is 0 Å². The Kier molecular flexibility index (Phi) is 4.26. The molecule has 1 saturated carbocycles. The summed E-state index contributed by atoms with van der Waals surface area (Å²) in [6.07, 6.45) is 3.94. The molecule has 3 rings (SSSR count). The second-order valence-electron chi connectivity index (χ2n) is 5.33. The Morgan fingerprint density at radius 1 is 1.14 bits per heavy atom. The third-order valence-corrected chi connectivity index (χ3v) is 3.53. The van der Waals surface area contributed by atoms with Crippen LogP contribution in [0.15, 0.2) is 54.7 Å². The molecule has 108 valence electrons. The van der Waals surface area contributed by atoms with E-state index in [-0.39, 0.29) is 11.9 Å². The van der Waals surface area contributed by atoms with Crippen LogP contribution in [0.2, 0.25) is 0 Å². The molecule has 0 spiro atoms. The van der Waals surface area contributed by atoms with E-state index in [0.717, 1.165) is 24.1 Å². The maximum Gasteiger partial charge on any atom is 0.241 e. The fraction of sp³-hybridized carbons (Fsp3) is 0.294. The van der Waals surface area contributed by atoms with E-state index in [9.17, 15) is 4.79 Å². The van der Waals surface area contributed by atoms with E-state index in [1.165, 1.54) is 0 Å². The molecule has 1 aromatic carbocycles. The largest absolute Gasteiger partial charge is 0.352 e. The Morgan fingerprint density at radius 3 is 2.57 bits per heavy atom. The topological polar surface area (TPSA) is 54.0 Å². The van der Waals surface area contributed by atoms with Gasteiger partial charge in [-0.1, -0.05) is 36.4 Å². The standard InChI is InChI=1S/C17H19N3O/c21-17(20-14-9-10-14)16(13-6-2-1-3-7-13)19-12-15-8-4-5-11-18-15/h1-8,11,14,16,19H,9-10,12H2,(H,20,21)/t16-/m0/s1. The van der Waals surface area contributed by atoms with Crippen LogP contribution in [0.1, 0.15) is 30.1 Å². The minimum absolute atomic E-state index is 0.0413. The summed E-state index contributed by atoms with van der Waals surface area (Å²) < 4.78 is 0. The number of aromatic nitrogens is 1. The molecule has 0 unspecified atom stereocenters. The molecular formula is C17H19N3O. The summed E-state index contributed by atoms with van der Waals surface area (Å²) in [5, 5.41) is 6.38. The van der Waals surface area contributed by atoms with Crippen molar-refractivity contribution in [3.8, 4) is 0 Å². The molecule has 1 aromatic heterocycles. The van der Waals surface area contributed by atoms with E-state index in [2.05, 4.69) is 15.6 Å². The van der Waals surface area contributed by atoms with Crippen LogP contribution in [0, 0.1) is 0 Å². The quantitative estimate of drug-likeness (QED) is 0.853. The maximum absolute atomic E-state index is 12.4. The Balaban J connectivity index is 1.70. The van der Waals surface area contributed by atoms with Crippen molar-refractivity contribution in [2.45, 2.75) is 31.5 Å². The summed E-state index contributed by atoms with van der Waals surface area (Å²) in [6.45, 7) is 0.568. The van der Waals surface area contributed by atoms with Crippen LogP contribution in [0.4, 0.5) is 0 Å². The Bertz CT molecular complexity index is 581. The zero-order valence-electron chi connectivity index (χ0n) is 11.8. The molecule has 0 bridgehead atoms. The van der Waals surface area contributed by atoms with Crippen LogP contribution in [-0.2, 0) is 11.3 Å². The highest BCUT2D eigenvalue weighted by molar-refractivity contribution is 5.83. The first-order valence-corrected chi connectivity index (χ1v) is 7.31. The molecule has 4 nitrogen and oxygen atoms in total. The lowest BCUT2D eigenvalue weighted by molar-refractivity contribution is -0.123. The molecule has 1 aliphatic rings. The lowest BCUT2D eigenvalue weighted by atomic mass is 10.1. The van der Waals surface area contributed by atoms with Crippen LogP contribution in [0.5, 0.6) is 0 Å². The number of hydrogen-bond acceptors (Lipinski definition) is 3. The third kappa shape index (κ3) is 3.89. The molecule has 0 radical (unpaired) electrons.